The van der Waals surface area contributed by atoms with Crippen LogP contribution in [0.3, 0.4) is 0 Å². The molecule has 68 valence electrons. The number of rotatable bonds is 4. The van der Waals surface area contributed by atoms with Gasteiger partial charge in [-0.2, -0.15) is 0 Å². The number of aromatic nitrogens is 1. The van der Waals surface area contributed by atoms with E-state index in [0.717, 1.165) is 19.8 Å². The van der Waals surface area contributed by atoms with Crippen molar-refractivity contribution < 1.29 is 26.3 Å². The number of hydrogen-bond acceptors (Lipinski definition) is 1. The van der Waals surface area contributed by atoms with Crippen LogP contribution in [0.1, 0.15) is 6.92 Å². The molecule has 0 spiro atoms. The Kier molecular flexibility index (Phi) is 7.00. The fourth-order valence-corrected chi connectivity index (χ4v) is 0.898. The highest BCUT2D eigenvalue weighted by Crippen LogP contribution is 1.78. The van der Waals surface area contributed by atoms with E-state index in [1.807, 2.05) is 37.5 Å². The number of pyridine rings is 1. The van der Waals surface area contributed by atoms with Crippen molar-refractivity contribution >= 4 is 0 Å². The molecule has 0 aliphatic heterocycles. The molecule has 0 amide bonds. The molecule has 1 aromatic heterocycles. The molecule has 3 heteroatoms. The van der Waals surface area contributed by atoms with Gasteiger partial charge in [-0.3, -0.25) is 0 Å². The molecule has 0 radical (unpaired) electrons. The van der Waals surface area contributed by atoms with Crippen molar-refractivity contribution in [1.29, 1.82) is 0 Å². The van der Waals surface area contributed by atoms with Gasteiger partial charge in [0.15, 0.2) is 18.9 Å². The Labute approximate surface area is 83.9 Å². The average molecular weight is 232 g/mol. The lowest BCUT2D eigenvalue weighted by molar-refractivity contribution is -0.698. The van der Waals surface area contributed by atoms with E-state index in [2.05, 4.69) is 4.57 Å². The van der Waals surface area contributed by atoms with E-state index in [0.29, 0.717) is 0 Å². The summed E-state index contributed by atoms with van der Waals surface area (Å²) >= 11 is 0. The first-order chi connectivity index (χ1) is 5.43. The van der Waals surface area contributed by atoms with E-state index < -0.39 is 0 Å². The summed E-state index contributed by atoms with van der Waals surface area (Å²) < 4.78 is 7.32. The molecule has 0 aliphatic carbocycles. The van der Waals surface area contributed by atoms with Gasteiger partial charge in [-0.25, -0.2) is 4.57 Å². The SMILES string of the molecule is CCOCC[n+]1ccccc1.[Br-]. The van der Waals surface area contributed by atoms with Gasteiger partial charge in [-0.1, -0.05) is 6.07 Å². The zero-order valence-electron chi connectivity index (χ0n) is 7.24. The molecule has 0 aliphatic rings. The van der Waals surface area contributed by atoms with E-state index in [4.69, 9.17) is 4.74 Å². The van der Waals surface area contributed by atoms with Crippen LogP contribution in [-0.2, 0) is 11.3 Å². The van der Waals surface area contributed by atoms with E-state index >= 15 is 0 Å². The van der Waals surface area contributed by atoms with Crippen LogP contribution in [0.15, 0.2) is 30.6 Å². The molecule has 0 unspecified atom stereocenters. The molecule has 0 N–H and O–H groups in total. The van der Waals surface area contributed by atoms with Crippen molar-refractivity contribution in [1.82, 2.24) is 0 Å². The summed E-state index contributed by atoms with van der Waals surface area (Å²) in [6.07, 6.45) is 4.08. The fraction of sp³-hybridized carbons (Fsp3) is 0.444. The zero-order chi connectivity index (χ0) is 7.94. The molecule has 1 rings (SSSR count). The molecule has 0 saturated heterocycles. The van der Waals surface area contributed by atoms with Gasteiger partial charge >= 0.3 is 0 Å². The monoisotopic (exact) mass is 231 g/mol. The largest absolute Gasteiger partial charge is 1.00 e. The molecule has 2 nitrogen and oxygen atoms in total. The molecule has 1 aromatic rings. The Morgan fingerprint density at radius 1 is 1.17 bits per heavy atom. The van der Waals surface area contributed by atoms with Crippen LogP contribution in [-0.4, -0.2) is 13.2 Å². The van der Waals surface area contributed by atoms with Crippen LogP contribution < -0.4 is 21.5 Å². The second-order valence-corrected chi connectivity index (χ2v) is 2.31. The second-order valence-electron chi connectivity index (χ2n) is 2.31. The molecular formula is C9H14BrNO. The molecule has 0 bridgehead atoms. The number of ether oxygens (including phenoxy) is 1. The molecule has 0 fully saturated rings. The van der Waals surface area contributed by atoms with Crippen molar-refractivity contribution in [2.45, 2.75) is 13.5 Å². The third kappa shape index (κ3) is 4.46. The van der Waals surface area contributed by atoms with Crippen molar-refractivity contribution in [2.24, 2.45) is 0 Å². The molecule has 0 aromatic carbocycles. The fourth-order valence-electron chi connectivity index (χ4n) is 0.898. The predicted molar refractivity (Wildman–Crippen MR) is 43.1 cm³/mol. The summed E-state index contributed by atoms with van der Waals surface area (Å²) in [4.78, 5) is 0. The van der Waals surface area contributed by atoms with Gasteiger partial charge in [0.1, 0.15) is 6.61 Å². The summed E-state index contributed by atoms with van der Waals surface area (Å²) in [5.41, 5.74) is 0. The van der Waals surface area contributed by atoms with Crippen molar-refractivity contribution in [3.8, 4) is 0 Å². The first-order valence-electron chi connectivity index (χ1n) is 3.95. The van der Waals surface area contributed by atoms with Crippen LogP contribution >= 0.6 is 0 Å². The van der Waals surface area contributed by atoms with Gasteiger partial charge in [0, 0.05) is 18.7 Å². The van der Waals surface area contributed by atoms with Crippen molar-refractivity contribution in [3.05, 3.63) is 30.6 Å². The van der Waals surface area contributed by atoms with E-state index in [1.165, 1.54) is 0 Å². The van der Waals surface area contributed by atoms with E-state index in [-0.39, 0.29) is 17.0 Å². The van der Waals surface area contributed by atoms with Gasteiger partial charge in [-0.05, 0) is 6.92 Å². The lowest BCUT2D eigenvalue weighted by Gasteiger charge is -1.96. The Balaban J connectivity index is 0.00000121. The summed E-state index contributed by atoms with van der Waals surface area (Å²) in [5.74, 6) is 0. The first kappa shape index (κ1) is 11.6. The average Bonchev–Trinajstić information content (AvgIpc) is 2.07. The smallest absolute Gasteiger partial charge is 0.171 e. The van der Waals surface area contributed by atoms with Crippen LogP contribution in [0, 0.1) is 0 Å². The van der Waals surface area contributed by atoms with Crippen molar-refractivity contribution in [3.63, 3.8) is 0 Å². The van der Waals surface area contributed by atoms with Gasteiger partial charge in [0.05, 0.1) is 0 Å². The minimum Gasteiger partial charge on any atom is -1.00 e. The molecule has 12 heavy (non-hydrogen) atoms. The predicted octanol–water partition coefficient (Wildman–Crippen LogP) is -1.99. The van der Waals surface area contributed by atoms with Crippen LogP contribution in [0.5, 0.6) is 0 Å². The Morgan fingerprint density at radius 2 is 1.83 bits per heavy atom. The quantitative estimate of drug-likeness (QED) is 0.433. The highest BCUT2D eigenvalue weighted by Gasteiger charge is 1.94. The van der Waals surface area contributed by atoms with Gasteiger partial charge < -0.3 is 21.7 Å². The highest BCUT2D eigenvalue weighted by atomic mass is 79.9. The van der Waals surface area contributed by atoms with Crippen molar-refractivity contribution in [2.75, 3.05) is 13.2 Å². The lowest BCUT2D eigenvalue weighted by atomic mass is 10.5. The minimum absolute atomic E-state index is 0. The Hall–Kier alpha value is -0.410. The first-order valence-corrected chi connectivity index (χ1v) is 3.95. The van der Waals surface area contributed by atoms with Crippen LogP contribution in [0.4, 0.5) is 0 Å². The molecule has 0 saturated carbocycles. The summed E-state index contributed by atoms with van der Waals surface area (Å²) in [7, 11) is 0. The standard InChI is InChI=1S/C9H14NO.BrH/c1-2-11-9-8-10-6-4-3-5-7-10;/h3-7H,2,8-9H2,1H3;1H/q+1;/p-1. The van der Waals surface area contributed by atoms with Crippen LogP contribution in [0.2, 0.25) is 0 Å². The maximum atomic E-state index is 5.22. The summed E-state index contributed by atoms with van der Waals surface area (Å²) in [6.45, 7) is 4.54. The number of halogens is 1. The third-order valence-electron chi connectivity index (χ3n) is 1.48. The highest BCUT2D eigenvalue weighted by molar-refractivity contribution is 4.83. The summed E-state index contributed by atoms with van der Waals surface area (Å²) in [5, 5.41) is 0. The van der Waals surface area contributed by atoms with E-state index in [1.54, 1.807) is 0 Å². The van der Waals surface area contributed by atoms with Gasteiger partial charge in [-0.15, -0.1) is 0 Å². The lowest BCUT2D eigenvalue weighted by Crippen LogP contribution is -3.00. The summed E-state index contributed by atoms with van der Waals surface area (Å²) in [6, 6.07) is 6.05. The molecule has 1 heterocycles. The topological polar surface area (TPSA) is 13.1 Å². The maximum Gasteiger partial charge on any atom is 0.171 e. The Morgan fingerprint density at radius 3 is 2.42 bits per heavy atom. The Bertz CT molecular complexity index is 191. The molecular weight excluding hydrogens is 218 g/mol. The van der Waals surface area contributed by atoms with Crippen LogP contribution in [0.25, 0.3) is 0 Å². The second kappa shape index (κ2) is 7.25. The molecule has 0 atom stereocenters. The van der Waals surface area contributed by atoms with E-state index in [9.17, 15) is 0 Å². The number of hydrogen-bond donors (Lipinski definition) is 0. The third-order valence-corrected chi connectivity index (χ3v) is 1.48. The van der Waals surface area contributed by atoms with Gasteiger partial charge in [0.2, 0.25) is 0 Å². The normalized spacial score (nSPS) is 9.08. The zero-order valence-corrected chi connectivity index (χ0v) is 8.83. The van der Waals surface area contributed by atoms with Gasteiger partial charge in [0.25, 0.3) is 0 Å². The number of nitrogens with zero attached hydrogens (tertiary/aromatic N) is 1. The minimum atomic E-state index is 0. The maximum absolute atomic E-state index is 5.22.